The number of sulfone groups is 1. The van der Waals surface area contributed by atoms with E-state index in [1.54, 1.807) is 31.4 Å². The fraction of sp³-hybridized carbons (Fsp3) is 0.438. The quantitative estimate of drug-likeness (QED) is 0.201. The van der Waals surface area contributed by atoms with Crippen LogP contribution in [0.2, 0.25) is 0 Å². The Labute approximate surface area is 230 Å². The Kier molecular flexibility index (Phi) is 11.1. The number of nitrogens with zero attached hydrogens (tertiary/aromatic N) is 2. The van der Waals surface area contributed by atoms with Crippen LogP contribution in [-0.4, -0.2) is 41.7 Å². The molecule has 0 aliphatic heterocycles. The summed E-state index contributed by atoms with van der Waals surface area (Å²) in [5.74, 6) is 0.579. The van der Waals surface area contributed by atoms with E-state index in [1.165, 1.54) is 0 Å². The minimum atomic E-state index is -3.75. The van der Waals surface area contributed by atoms with Crippen LogP contribution in [0, 0.1) is 0 Å². The molecule has 1 atom stereocenters. The highest BCUT2D eigenvalue weighted by molar-refractivity contribution is 7.92. The molecule has 0 heterocycles. The van der Waals surface area contributed by atoms with E-state index < -0.39 is 15.1 Å². The van der Waals surface area contributed by atoms with E-state index in [0.717, 1.165) is 68.8 Å². The first-order chi connectivity index (χ1) is 18.4. The minimum absolute atomic E-state index is 0.302. The Bertz CT molecular complexity index is 1220. The van der Waals surface area contributed by atoms with Crippen molar-refractivity contribution in [3.8, 4) is 5.75 Å². The molecule has 0 saturated heterocycles. The molecule has 0 spiro atoms. The SMILES string of the molecule is CCCCN(CCCC)c1ccc(C(c2ccc(N(CC)CC)cc2OC)S(=O)(=O)c2ccccc2)cc1. The normalized spacial score (nSPS) is 12.2. The molecule has 5 nitrogen and oxygen atoms in total. The number of hydrogen-bond acceptors (Lipinski definition) is 5. The van der Waals surface area contributed by atoms with Gasteiger partial charge in [0.1, 0.15) is 11.0 Å². The van der Waals surface area contributed by atoms with Gasteiger partial charge < -0.3 is 14.5 Å². The van der Waals surface area contributed by atoms with Crippen molar-refractivity contribution in [1.82, 2.24) is 0 Å². The summed E-state index contributed by atoms with van der Waals surface area (Å²) in [6.07, 6.45) is 4.54. The van der Waals surface area contributed by atoms with Crippen molar-refractivity contribution in [2.45, 2.75) is 63.5 Å². The molecule has 0 bridgehead atoms. The van der Waals surface area contributed by atoms with Gasteiger partial charge in [-0.05, 0) is 62.6 Å². The lowest BCUT2D eigenvalue weighted by atomic mass is 10.0. The standard InChI is InChI=1S/C32H44N2O3S/c1-6-10-23-34(24-11-7-2)27-19-17-26(18-20-27)32(38(35,36)29-15-13-12-14-16-29)30-22-21-28(25-31(30)37-5)33(8-3)9-4/h12-22,25,32H,6-11,23-24H2,1-5H3. The Morgan fingerprint density at radius 2 is 1.32 bits per heavy atom. The van der Waals surface area contributed by atoms with Crippen LogP contribution >= 0.6 is 0 Å². The molecule has 0 radical (unpaired) electrons. The fourth-order valence-electron chi connectivity index (χ4n) is 4.90. The van der Waals surface area contributed by atoms with Crippen molar-refractivity contribution in [1.29, 1.82) is 0 Å². The molecule has 0 amide bonds. The van der Waals surface area contributed by atoms with Crippen LogP contribution < -0.4 is 14.5 Å². The van der Waals surface area contributed by atoms with E-state index in [1.807, 2.05) is 36.4 Å². The van der Waals surface area contributed by atoms with E-state index in [-0.39, 0.29) is 0 Å². The molecule has 206 valence electrons. The summed E-state index contributed by atoms with van der Waals surface area (Å²) in [7, 11) is -2.14. The van der Waals surface area contributed by atoms with E-state index >= 15 is 0 Å². The highest BCUT2D eigenvalue weighted by atomic mass is 32.2. The van der Waals surface area contributed by atoms with E-state index in [4.69, 9.17) is 4.74 Å². The largest absolute Gasteiger partial charge is 0.496 e. The summed E-state index contributed by atoms with van der Waals surface area (Å²) >= 11 is 0. The Balaban J connectivity index is 2.12. The Morgan fingerprint density at radius 3 is 1.84 bits per heavy atom. The van der Waals surface area contributed by atoms with Gasteiger partial charge in [0, 0.05) is 49.2 Å². The van der Waals surface area contributed by atoms with Gasteiger partial charge in [0.15, 0.2) is 9.84 Å². The summed E-state index contributed by atoms with van der Waals surface area (Å²) in [6, 6.07) is 22.7. The summed E-state index contributed by atoms with van der Waals surface area (Å²) < 4.78 is 34.1. The minimum Gasteiger partial charge on any atom is -0.496 e. The van der Waals surface area contributed by atoms with E-state index in [2.05, 4.69) is 49.6 Å². The average Bonchev–Trinajstić information content (AvgIpc) is 2.95. The van der Waals surface area contributed by atoms with E-state index in [9.17, 15) is 8.42 Å². The van der Waals surface area contributed by atoms with Crippen molar-refractivity contribution < 1.29 is 13.2 Å². The third-order valence-electron chi connectivity index (χ3n) is 7.13. The number of methoxy groups -OCH3 is 1. The fourth-order valence-corrected chi connectivity index (χ4v) is 6.76. The second kappa shape index (κ2) is 14.2. The highest BCUT2D eigenvalue weighted by Gasteiger charge is 2.33. The molecule has 1 unspecified atom stereocenters. The van der Waals surface area contributed by atoms with Crippen LogP contribution in [0.5, 0.6) is 5.75 Å². The van der Waals surface area contributed by atoms with Crippen molar-refractivity contribution in [3.63, 3.8) is 0 Å². The van der Waals surface area contributed by atoms with Gasteiger partial charge in [0.2, 0.25) is 0 Å². The number of unbranched alkanes of at least 4 members (excludes halogenated alkanes) is 2. The Hall–Kier alpha value is -2.99. The molecule has 0 fully saturated rings. The van der Waals surface area contributed by atoms with Crippen LogP contribution in [-0.2, 0) is 9.84 Å². The summed E-state index contributed by atoms with van der Waals surface area (Å²) in [6.45, 7) is 12.4. The second-order valence-corrected chi connectivity index (χ2v) is 11.7. The maximum absolute atomic E-state index is 14.2. The zero-order valence-corrected chi connectivity index (χ0v) is 24.5. The highest BCUT2D eigenvalue weighted by Crippen LogP contribution is 2.41. The molecule has 38 heavy (non-hydrogen) atoms. The molecule has 0 saturated carbocycles. The lowest BCUT2D eigenvalue weighted by Gasteiger charge is -2.27. The molecule has 0 aliphatic rings. The number of benzene rings is 3. The third-order valence-corrected chi connectivity index (χ3v) is 9.21. The van der Waals surface area contributed by atoms with Crippen LogP contribution in [0.1, 0.15) is 69.8 Å². The van der Waals surface area contributed by atoms with Crippen LogP contribution in [0.4, 0.5) is 11.4 Å². The van der Waals surface area contributed by atoms with Crippen molar-refractivity contribution in [2.75, 3.05) is 43.1 Å². The van der Waals surface area contributed by atoms with E-state index in [0.29, 0.717) is 16.2 Å². The first-order valence-electron chi connectivity index (χ1n) is 14.0. The van der Waals surface area contributed by atoms with Crippen molar-refractivity contribution in [2.24, 2.45) is 0 Å². The van der Waals surface area contributed by atoms with Gasteiger partial charge >= 0.3 is 0 Å². The number of anilines is 2. The third kappa shape index (κ3) is 6.90. The first-order valence-corrected chi connectivity index (χ1v) is 15.5. The van der Waals surface area contributed by atoms with Gasteiger partial charge in [0.25, 0.3) is 0 Å². The predicted octanol–water partition coefficient (Wildman–Crippen LogP) is 7.51. The smallest absolute Gasteiger partial charge is 0.189 e. The lowest BCUT2D eigenvalue weighted by Crippen LogP contribution is -2.25. The zero-order valence-electron chi connectivity index (χ0n) is 23.7. The van der Waals surface area contributed by atoms with Crippen molar-refractivity contribution >= 4 is 21.2 Å². The second-order valence-electron chi connectivity index (χ2n) is 9.62. The predicted molar refractivity (Wildman–Crippen MR) is 160 cm³/mol. The maximum atomic E-state index is 14.2. The van der Waals surface area contributed by atoms with Gasteiger partial charge in [-0.15, -0.1) is 0 Å². The average molecular weight is 537 g/mol. The first kappa shape index (κ1) is 29.6. The molecule has 3 rings (SSSR count). The molecule has 0 N–H and O–H groups in total. The molecule has 3 aromatic rings. The van der Waals surface area contributed by atoms with Gasteiger partial charge in [-0.3, -0.25) is 0 Å². The van der Waals surface area contributed by atoms with Crippen LogP contribution in [0.15, 0.2) is 77.7 Å². The van der Waals surface area contributed by atoms with Gasteiger partial charge in [-0.25, -0.2) is 8.42 Å². The molecule has 0 aliphatic carbocycles. The molecular weight excluding hydrogens is 492 g/mol. The summed E-state index contributed by atoms with van der Waals surface area (Å²) in [4.78, 5) is 4.94. The number of hydrogen-bond donors (Lipinski definition) is 0. The zero-order chi connectivity index (χ0) is 27.5. The Morgan fingerprint density at radius 1 is 0.737 bits per heavy atom. The number of ether oxygens (including phenoxy) is 1. The van der Waals surface area contributed by atoms with Gasteiger partial charge in [-0.2, -0.15) is 0 Å². The van der Waals surface area contributed by atoms with Crippen molar-refractivity contribution in [3.05, 3.63) is 83.9 Å². The monoisotopic (exact) mass is 536 g/mol. The molecular formula is C32H44N2O3S. The van der Waals surface area contributed by atoms with Crippen LogP contribution in [0.25, 0.3) is 0 Å². The lowest BCUT2D eigenvalue weighted by molar-refractivity contribution is 0.409. The summed E-state index contributed by atoms with van der Waals surface area (Å²) in [5.41, 5.74) is 3.53. The summed E-state index contributed by atoms with van der Waals surface area (Å²) in [5, 5.41) is -0.889. The topological polar surface area (TPSA) is 49.9 Å². The molecule has 6 heteroatoms. The maximum Gasteiger partial charge on any atom is 0.189 e. The molecule has 0 aromatic heterocycles. The molecule has 3 aromatic carbocycles. The van der Waals surface area contributed by atoms with Gasteiger partial charge in [-0.1, -0.05) is 63.1 Å². The van der Waals surface area contributed by atoms with Gasteiger partial charge in [0.05, 0.1) is 12.0 Å². The number of rotatable bonds is 15. The van der Waals surface area contributed by atoms with Crippen LogP contribution in [0.3, 0.4) is 0 Å².